The first kappa shape index (κ1) is 27.9. The molecule has 2 aromatic carbocycles. The van der Waals surface area contributed by atoms with E-state index in [0.29, 0.717) is 5.71 Å². The van der Waals surface area contributed by atoms with Gasteiger partial charge in [-0.05, 0) is 60.9 Å². The van der Waals surface area contributed by atoms with Crippen LogP contribution in [0.1, 0.15) is 42.7 Å². The summed E-state index contributed by atoms with van der Waals surface area (Å²) >= 11 is 0. The molecule has 188 valence electrons. The molecule has 0 radical (unpaired) electrons. The monoisotopic (exact) mass is 486 g/mol. The van der Waals surface area contributed by atoms with Gasteiger partial charge in [0, 0.05) is 41.6 Å². The molecule has 0 atom stereocenters. The van der Waals surface area contributed by atoms with Crippen LogP contribution in [0.4, 0.5) is 0 Å². The summed E-state index contributed by atoms with van der Waals surface area (Å²) in [5.41, 5.74) is 11.7. The molecular weight excluding hydrogens is 452 g/mol. The molecule has 0 unspecified atom stereocenters. The lowest BCUT2D eigenvalue weighted by atomic mass is 10.1. The Morgan fingerprint density at radius 3 is 2.47 bits per heavy atom. The number of hydrogen-bond acceptors (Lipinski definition) is 5. The number of benzene rings is 2. The summed E-state index contributed by atoms with van der Waals surface area (Å²) in [6, 6.07) is 16.9. The minimum atomic E-state index is -0.670. The molecule has 0 fully saturated rings. The Labute approximate surface area is 212 Å². The number of aromatic nitrogens is 1. The van der Waals surface area contributed by atoms with E-state index in [9.17, 15) is 9.59 Å². The van der Waals surface area contributed by atoms with Gasteiger partial charge in [0.25, 0.3) is 0 Å². The number of allylic oxidation sites excluding steroid dienone is 3. The predicted octanol–water partition coefficient (Wildman–Crippen LogP) is 4.89. The van der Waals surface area contributed by atoms with Gasteiger partial charge < -0.3 is 25.8 Å². The third kappa shape index (κ3) is 7.84. The van der Waals surface area contributed by atoms with Crippen LogP contribution in [0.2, 0.25) is 0 Å². The number of methoxy groups -OCH3 is 1. The van der Waals surface area contributed by atoms with E-state index < -0.39 is 11.9 Å². The van der Waals surface area contributed by atoms with Crippen LogP contribution in [0.25, 0.3) is 22.7 Å². The third-order valence-electron chi connectivity index (χ3n) is 5.40. The van der Waals surface area contributed by atoms with Crippen molar-refractivity contribution in [3.8, 4) is 0 Å². The van der Waals surface area contributed by atoms with Crippen LogP contribution in [0.5, 0.6) is 0 Å². The van der Waals surface area contributed by atoms with E-state index in [1.54, 1.807) is 0 Å². The van der Waals surface area contributed by atoms with E-state index in [1.165, 1.54) is 18.2 Å². The Bertz CT molecular complexity index is 1320. The summed E-state index contributed by atoms with van der Waals surface area (Å²) in [5.74, 6) is -1.27. The molecule has 0 aliphatic rings. The second-order valence-corrected chi connectivity index (χ2v) is 8.09. The highest BCUT2D eigenvalue weighted by Gasteiger charge is 2.10. The number of carbonyl (C=O) groups excluding carboxylic acids is 2. The second-order valence-electron chi connectivity index (χ2n) is 8.09. The molecule has 36 heavy (non-hydrogen) atoms. The van der Waals surface area contributed by atoms with E-state index in [4.69, 9.17) is 5.41 Å². The second kappa shape index (κ2) is 13.5. The van der Waals surface area contributed by atoms with E-state index in [0.717, 1.165) is 34.4 Å². The smallest absolute Gasteiger partial charge is 0.315 e. The number of nitrogens with one attached hydrogen (secondary N) is 2. The van der Waals surface area contributed by atoms with Crippen molar-refractivity contribution in [1.29, 1.82) is 5.41 Å². The van der Waals surface area contributed by atoms with Crippen molar-refractivity contribution in [3.63, 3.8) is 0 Å². The molecule has 0 aliphatic carbocycles. The molecule has 0 bridgehead atoms. The maximum absolute atomic E-state index is 10.1. The van der Waals surface area contributed by atoms with Gasteiger partial charge in [-0.3, -0.25) is 9.59 Å². The molecule has 3 aromatic rings. The SMILES string of the molecule is C=C(NC)c1cccc(Cn2c(/C=C\C=C/C)cc3cc(C(C)=N)ccc32)c1.COC(=O)CC(N)=O. The average Bonchev–Trinajstić information content (AvgIpc) is 3.20. The van der Waals surface area contributed by atoms with Crippen molar-refractivity contribution in [2.45, 2.75) is 26.8 Å². The third-order valence-corrected chi connectivity index (χ3v) is 5.40. The van der Waals surface area contributed by atoms with Gasteiger partial charge in [0.05, 0.1) is 7.11 Å². The van der Waals surface area contributed by atoms with Crippen molar-refractivity contribution in [1.82, 2.24) is 9.88 Å². The molecule has 3 rings (SSSR count). The number of carbonyl (C=O) groups is 2. The predicted molar refractivity (Wildman–Crippen MR) is 148 cm³/mol. The maximum Gasteiger partial charge on any atom is 0.315 e. The Morgan fingerprint density at radius 2 is 1.89 bits per heavy atom. The lowest BCUT2D eigenvalue weighted by Gasteiger charge is -2.12. The van der Waals surface area contributed by atoms with Crippen molar-refractivity contribution in [3.05, 3.63) is 95.7 Å². The molecule has 7 nitrogen and oxygen atoms in total. The summed E-state index contributed by atoms with van der Waals surface area (Å²) in [7, 11) is 3.09. The molecule has 1 heterocycles. The van der Waals surface area contributed by atoms with E-state index in [2.05, 4.69) is 81.5 Å². The highest BCUT2D eigenvalue weighted by Crippen LogP contribution is 2.25. The average molecular weight is 487 g/mol. The van der Waals surface area contributed by atoms with Gasteiger partial charge in [0.15, 0.2) is 0 Å². The summed E-state index contributed by atoms with van der Waals surface area (Å²) in [5, 5.41) is 12.2. The molecule has 4 N–H and O–H groups in total. The van der Waals surface area contributed by atoms with Gasteiger partial charge >= 0.3 is 5.97 Å². The number of fused-ring (bicyclic) bond motifs is 1. The first-order valence-electron chi connectivity index (χ1n) is 11.5. The fraction of sp³-hybridized carbons (Fsp3) is 0.207. The minimum absolute atomic E-state index is 0.337. The van der Waals surface area contributed by atoms with Crippen LogP contribution in [0, 0.1) is 5.41 Å². The number of hydrogen-bond donors (Lipinski definition) is 3. The lowest BCUT2D eigenvalue weighted by Crippen LogP contribution is -2.16. The van der Waals surface area contributed by atoms with Crippen molar-refractivity contribution in [2.24, 2.45) is 5.73 Å². The number of primary amides is 1. The largest absolute Gasteiger partial charge is 0.469 e. The molecule has 0 spiro atoms. The Morgan fingerprint density at radius 1 is 1.14 bits per heavy atom. The number of nitrogens with two attached hydrogens (primary N) is 1. The molecule has 0 saturated carbocycles. The zero-order valence-corrected chi connectivity index (χ0v) is 21.3. The Balaban J connectivity index is 0.000000493. The standard InChI is InChI=1S/C25H27N3.C4H7NO3/c1-5-6-7-11-24-16-23-15-21(18(2)26)12-13-25(23)28(24)17-20-9-8-10-22(14-20)19(3)27-4;1-8-4(7)2-3(5)6/h5-16,26-27H,3,17H2,1-2,4H3;2H2,1H3,(H2,5,6)/b6-5-,11-7-,26-18?;. The highest BCUT2D eigenvalue weighted by molar-refractivity contribution is 6.00. The van der Waals surface area contributed by atoms with Gasteiger partial charge in [-0.15, -0.1) is 0 Å². The number of amides is 1. The normalized spacial score (nSPS) is 10.8. The fourth-order valence-electron chi connectivity index (χ4n) is 3.50. The van der Waals surface area contributed by atoms with Crippen LogP contribution < -0.4 is 11.1 Å². The molecule has 1 amide bonds. The maximum atomic E-state index is 10.1. The van der Waals surface area contributed by atoms with Gasteiger partial charge in [0.2, 0.25) is 5.91 Å². The quantitative estimate of drug-likeness (QED) is 0.173. The van der Waals surface area contributed by atoms with Crippen LogP contribution in [0.15, 0.2) is 73.3 Å². The molecular formula is C29H34N4O3. The van der Waals surface area contributed by atoms with Crippen LogP contribution >= 0.6 is 0 Å². The van der Waals surface area contributed by atoms with Gasteiger partial charge in [-0.2, -0.15) is 0 Å². The van der Waals surface area contributed by atoms with E-state index >= 15 is 0 Å². The zero-order valence-electron chi connectivity index (χ0n) is 21.3. The highest BCUT2D eigenvalue weighted by atomic mass is 16.5. The van der Waals surface area contributed by atoms with Gasteiger partial charge in [-0.1, -0.05) is 49.1 Å². The van der Waals surface area contributed by atoms with Gasteiger partial charge in [-0.25, -0.2) is 0 Å². The zero-order chi connectivity index (χ0) is 26.7. The molecule has 0 saturated heterocycles. The van der Waals surface area contributed by atoms with Crippen molar-refractivity contribution in [2.75, 3.05) is 14.2 Å². The molecule has 0 aliphatic heterocycles. The number of esters is 1. The first-order valence-corrected chi connectivity index (χ1v) is 11.5. The Hall–Kier alpha value is -4.39. The van der Waals surface area contributed by atoms with Crippen LogP contribution in [-0.2, 0) is 20.9 Å². The van der Waals surface area contributed by atoms with Gasteiger partial charge in [0.1, 0.15) is 6.42 Å². The van der Waals surface area contributed by atoms with Crippen molar-refractivity contribution < 1.29 is 14.3 Å². The lowest BCUT2D eigenvalue weighted by molar-refractivity contribution is -0.143. The van der Waals surface area contributed by atoms with E-state index in [1.807, 2.05) is 39.1 Å². The number of nitrogens with zero attached hydrogens (tertiary/aromatic N) is 1. The van der Waals surface area contributed by atoms with Crippen molar-refractivity contribution >= 4 is 40.3 Å². The van der Waals surface area contributed by atoms with Crippen LogP contribution in [0.3, 0.4) is 0 Å². The topological polar surface area (TPSA) is 110 Å². The minimum Gasteiger partial charge on any atom is -0.469 e. The summed E-state index contributed by atoms with van der Waals surface area (Å²) in [6.07, 6.45) is 7.91. The number of ether oxygens (including phenoxy) is 1. The Kier molecular flexibility index (Phi) is 10.4. The molecule has 7 heteroatoms. The first-order chi connectivity index (χ1) is 17.2. The fourth-order valence-corrected chi connectivity index (χ4v) is 3.50. The van der Waals surface area contributed by atoms with E-state index in [-0.39, 0.29) is 6.42 Å². The number of rotatable bonds is 9. The summed E-state index contributed by atoms with van der Waals surface area (Å²) in [6.45, 7) is 8.68. The summed E-state index contributed by atoms with van der Waals surface area (Å²) < 4.78 is 6.44. The summed E-state index contributed by atoms with van der Waals surface area (Å²) in [4.78, 5) is 20.0. The van der Waals surface area contributed by atoms with Crippen LogP contribution in [-0.4, -0.2) is 36.3 Å². The molecule has 1 aromatic heterocycles.